The SMILES string of the molecule is CC1CCOC(=O)C1.O=S=O. The summed E-state index contributed by atoms with van der Waals surface area (Å²) >= 11 is -0.750. The van der Waals surface area contributed by atoms with Gasteiger partial charge in [0.15, 0.2) is 0 Å². The largest absolute Gasteiger partial charge is 0.466 e. The van der Waals surface area contributed by atoms with Gasteiger partial charge in [0.1, 0.15) is 0 Å². The van der Waals surface area contributed by atoms with E-state index in [0.29, 0.717) is 18.9 Å². The van der Waals surface area contributed by atoms with Crippen molar-refractivity contribution in [3.05, 3.63) is 0 Å². The van der Waals surface area contributed by atoms with Crippen LogP contribution in [0.4, 0.5) is 0 Å². The van der Waals surface area contributed by atoms with Gasteiger partial charge in [-0.25, -0.2) is 0 Å². The molecular weight excluding hydrogens is 168 g/mol. The van der Waals surface area contributed by atoms with Gasteiger partial charge in [-0.3, -0.25) is 4.79 Å². The van der Waals surface area contributed by atoms with Crippen molar-refractivity contribution in [2.75, 3.05) is 6.61 Å². The molecule has 1 unspecified atom stereocenters. The minimum atomic E-state index is -0.750. The topological polar surface area (TPSA) is 60.4 Å². The molecule has 0 radical (unpaired) electrons. The summed E-state index contributed by atoms with van der Waals surface area (Å²) in [5.74, 6) is 0.500. The summed E-state index contributed by atoms with van der Waals surface area (Å²) in [5, 5.41) is 0. The molecule has 0 aromatic carbocycles. The first-order valence-corrected chi connectivity index (χ1v) is 3.94. The lowest BCUT2D eigenvalue weighted by Gasteiger charge is -2.16. The first-order valence-electron chi connectivity index (χ1n) is 3.28. The van der Waals surface area contributed by atoms with Crippen molar-refractivity contribution in [2.45, 2.75) is 19.8 Å². The molecule has 0 spiro atoms. The van der Waals surface area contributed by atoms with E-state index in [1.807, 2.05) is 0 Å². The number of carbonyl (C=O) groups excluding carboxylic acids is 1. The van der Waals surface area contributed by atoms with E-state index in [1.165, 1.54) is 0 Å². The van der Waals surface area contributed by atoms with E-state index in [0.717, 1.165) is 6.42 Å². The van der Waals surface area contributed by atoms with Crippen molar-refractivity contribution in [3.63, 3.8) is 0 Å². The fraction of sp³-hybridized carbons (Fsp3) is 0.833. The number of cyclic esters (lactones) is 1. The van der Waals surface area contributed by atoms with Crippen LogP contribution in [0, 0.1) is 5.92 Å². The van der Waals surface area contributed by atoms with Crippen LogP contribution >= 0.6 is 0 Å². The molecule has 1 fully saturated rings. The molecule has 0 aromatic heterocycles. The normalized spacial score (nSPS) is 22.6. The van der Waals surface area contributed by atoms with Crippen LogP contribution in [0.15, 0.2) is 0 Å². The summed E-state index contributed by atoms with van der Waals surface area (Å²) in [6.07, 6.45) is 1.64. The van der Waals surface area contributed by atoms with Crippen LogP contribution in [0.25, 0.3) is 0 Å². The summed E-state index contributed by atoms with van der Waals surface area (Å²) in [4.78, 5) is 10.5. The van der Waals surface area contributed by atoms with Crippen LogP contribution in [-0.2, 0) is 21.1 Å². The van der Waals surface area contributed by atoms with Crippen molar-refractivity contribution in [1.82, 2.24) is 0 Å². The highest BCUT2D eigenvalue weighted by Crippen LogP contribution is 2.13. The van der Waals surface area contributed by atoms with Gasteiger partial charge in [-0.2, -0.15) is 8.42 Å². The fourth-order valence-electron chi connectivity index (χ4n) is 0.819. The van der Waals surface area contributed by atoms with E-state index >= 15 is 0 Å². The summed E-state index contributed by atoms with van der Waals surface area (Å²) in [5.41, 5.74) is 0. The molecule has 64 valence electrons. The highest BCUT2D eigenvalue weighted by atomic mass is 32.1. The third-order valence-electron chi connectivity index (χ3n) is 1.39. The average molecular weight is 178 g/mol. The van der Waals surface area contributed by atoms with Crippen LogP contribution in [-0.4, -0.2) is 21.0 Å². The highest BCUT2D eigenvalue weighted by molar-refractivity contribution is 7.51. The number of carbonyl (C=O) groups is 1. The Labute approximate surface area is 68.5 Å². The molecule has 1 aliphatic heterocycles. The molecule has 0 bridgehead atoms. The lowest BCUT2D eigenvalue weighted by molar-refractivity contribution is -0.148. The van der Waals surface area contributed by atoms with Gasteiger partial charge in [-0.1, -0.05) is 6.92 Å². The molecule has 0 amide bonds. The Hall–Kier alpha value is -0.710. The molecule has 1 atom stereocenters. The van der Waals surface area contributed by atoms with Gasteiger partial charge in [-0.05, 0) is 12.3 Å². The summed E-state index contributed by atoms with van der Waals surface area (Å²) in [7, 11) is 0. The zero-order valence-electron chi connectivity index (χ0n) is 6.24. The number of hydrogen-bond donors (Lipinski definition) is 0. The molecule has 1 heterocycles. The predicted octanol–water partition coefficient (Wildman–Crippen LogP) is 0.289. The lowest BCUT2D eigenvalue weighted by Crippen LogP contribution is -2.18. The zero-order valence-corrected chi connectivity index (χ0v) is 7.06. The van der Waals surface area contributed by atoms with Gasteiger partial charge < -0.3 is 4.74 Å². The minimum Gasteiger partial charge on any atom is -0.466 e. The standard InChI is InChI=1S/C6H10O2.O2S/c1-5-2-3-8-6(7)4-5;1-3-2/h5H,2-4H2,1H3;. The van der Waals surface area contributed by atoms with Crippen LogP contribution < -0.4 is 0 Å². The number of rotatable bonds is 0. The second-order valence-corrected chi connectivity index (χ2v) is 2.52. The second kappa shape index (κ2) is 6.03. The Morgan fingerprint density at radius 2 is 2.09 bits per heavy atom. The molecule has 5 heteroatoms. The maximum atomic E-state index is 10.5. The van der Waals surface area contributed by atoms with E-state index in [9.17, 15) is 4.79 Å². The molecule has 1 aliphatic rings. The minimum absolute atomic E-state index is 0.0382. The first-order chi connectivity index (χ1) is 5.20. The van der Waals surface area contributed by atoms with Crippen molar-refractivity contribution in [2.24, 2.45) is 5.92 Å². The Bertz CT molecular complexity index is 162. The van der Waals surface area contributed by atoms with Crippen LogP contribution in [0.5, 0.6) is 0 Å². The van der Waals surface area contributed by atoms with Crippen molar-refractivity contribution in [1.29, 1.82) is 0 Å². The molecule has 1 saturated heterocycles. The smallest absolute Gasteiger partial charge is 0.335 e. The monoisotopic (exact) mass is 178 g/mol. The van der Waals surface area contributed by atoms with E-state index in [1.54, 1.807) is 0 Å². The molecule has 4 nitrogen and oxygen atoms in total. The van der Waals surface area contributed by atoms with Crippen molar-refractivity contribution in [3.8, 4) is 0 Å². The van der Waals surface area contributed by atoms with Gasteiger partial charge in [0.25, 0.3) is 0 Å². The molecule has 0 saturated carbocycles. The maximum absolute atomic E-state index is 10.5. The Kier molecular flexibility index (Phi) is 5.64. The van der Waals surface area contributed by atoms with Gasteiger partial charge >= 0.3 is 17.5 Å². The molecule has 0 N–H and O–H groups in total. The molecule has 0 aliphatic carbocycles. The third kappa shape index (κ3) is 5.72. The zero-order chi connectivity index (χ0) is 8.69. The van der Waals surface area contributed by atoms with Crippen LogP contribution in [0.1, 0.15) is 19.8 Å². The summed E-state index contributed by atoms with van der Waals surface area (Å²) < 4.78 is 21.3. The molecule has 11 heavy (non-hydrogen) atoms. The van der Waals surface area contributed by atoms with E-state index in [4.69, 9.17) is 13.2 Å². The Morgan fingerprint density at radius 1 is 1.55 bits per heavy atom. The quantitative estimate of drug-likeness (QED) is 0.500. The van der Waals surface area contributed by atoms with Gasteiger partial charge in [-0.15, -0.1) is 0 Å². The summed E-state index contributed by atoms with van der Waals surface area (Å²) in [6, 6.07) is 0. The van der Waals surface area contributed by atoms with Gasteiger partial charge in [0.05, 0.1) is 6.61 Å². The maximum Gasteiger partial charge on any atom is 0.335 e. The average Bonchev–Trinajstić information content (AvgIpc) is 1.88. The van der Waals surface area contributed by atoms with Gasteiger partial charge in [0.2, 0.25) is 0 Å². The Morgan fingerprint density at radius 3 is 2.36 bits per heavy atom. The van der Waals surface area contributed by atoms with Crippen LogP contribution in [0.3, 0.4) is 0 Å². The van der Waals surface area contributed by atoms with Crippen molar-refractivity contribution >= 4 is 17.5 Å². The third-order valence-corrected chi connectivity index (χ3v) is 1.39. The molecular formula is C6H10O4S. The molecule has 0 aromatic rings. The lowest BCUT2D eigenvalue weighted by atomic mass is 10.0. The number of esters is 1. The van der Waals surface area contributed by atoms with E-state index in [2.05, 4.69) is 6.92 Å². The molecule has 1 rings (SSSR count). The first kappa shape index (κ1) is 10.3. The summed E-state index contributed by atoms with van der Waals surface area (Å²) in [6.45, 7) is 2.69. The predicted molar refractivity (Wildman–Crippen MR) is 38.3 cm³/mol. The van der Waals surface area contributed by atoms with E-state index < -0.39 is 11.6 Å². The number of hydrogen-bond acceptors (Lipinski definition) is 4. The van der Waals surface area contributed by atoms with E-state index in [-0.39, 0.29) is 5.97 Å². The van der Waals surface area contributed by atoms with Gasteiger partial charge in [0, 0.05) is 6.42 Å². The Balaban J connectivity index is 0.000000292. The van der Waals surface area contributed by atoms with Crippen LogP contribution in [0.2, 0.25) is 0 Å². The fourth-order valence-corrected chi connectivity index (χ4v) is 0.819. The highest BCUT2D eigenvalue weighted by Gasteiger charge is 2.15. The second-order valence-electron chi connectivity index (χ2n) is 2.39. The van der Waals surface area contributed by atoms with Crippen molar-refractivity contribution < 1.29 is 17.9 Å². The number of ether oxygens (including phenoxy) is 1.